The molecule has 0 spiro atoms. The molecule has 0 aliphatic carbocycles. The van der Waals surface area contributed by atoms with Crippen molar-refractivity contribution in [3.05, 3.63) is 40.2 Å². The lowest BCUT2D eigenvalue weighted by Crippen LogP contribution is -2.26. The molecule has 0 bridgehead atoms. The third kappa shape index (κ3) is 6.75. The van der Waals surface area contributed by atoms with Gasteiger partial charge in [0.2, 0.25) is 0 Å². The molecule has 0 radical (unpaired) electrons. The Balaban J connectivity index is 3.23. The van der Waals surface area contributed by atoms with E-state index in [1.807, 2.05) is 27.7 Å². The first-order valence-electron chi connectivity index (χ1n) is 8.70. The number of nitrogens with zero attached hydrogens (tertiary/aromatic N) is 2. The molecular weight excluding hydrogens is 386 g/mol. The molecule has 0 amide bonds. The van der Waals surface area contributed by atoms with Gasteiger partial charge < -0.3 is 23.0 Å². The fourth-order valence-electron chi connectivity index (χ4n) is 2.30. The summed E-state index contributed by atoms with van der Waals surface area (Å²) < 4.78 is 27.9. The van der Waals surface area contributed by atoms with E-state index < -0.39 is 14.1 Å². The zero-order valence-electron chi connectivity index (χ0n) is 16.2. The molecule has 0 aliphatic heterocycles. The second-order valence-corrected chi connectivity index (χ2v) is 7.10. The average Bonchev–Trinajstić information content (AvgIpc) is 2.66. The molecule has 0 aromatic heterocycles. The smallest absolute Gasteiger partial charge is 0.332 e. The summed E-state index contributed by atoms with van der Waals surface area (Å²) in [6, 6.07) is 5.40. The van der Waals surface area contributed by atoms with Gasteiger partial charge in [-0.2, -0.15) is 5.26 Å². The van der Waals surface area contributed by atoms with Crippen LogP contribution in [0.15, 0.2) is 12.1 Å². The molecule has 1 aromatic rings. The Labute approximate surface area is 164 Å². The zero-order chi connectivity index (χ0) is 20.3. The second-order valence-electron chi connectivity index (χ2n) is 5.12. The van der Waals surface area contributed by atoms with Crippen LogP contribution < -0.4 is 0 Å². The van der Waals surface area contributed by atoms with Crippen molar-refractivity contribution in [1.82, 2.24) is 0 Å². The number of rotatable bonds is 12. The highest BCUT2D eigenvalue weighted by atomic mass is 31.2. The van der Waals surface area contributed by atoms with Crippen LogP contribution in [0, 0.1) is 17.9 Å². The Morgan fingerprint density at radius 1 is 1.07 bits per heavy atom. The van der Waals surface area contributed by atoms with E-state index in [2.05, 4.69) is 20.2 Å². The van der Waals surface area contributed by atoms with Crippen molar-refractivity contribution < 1.29 is 23.0 Å². The molecule has 1 rings (SSSR count). The van der Waals surface area contributed by atoms with Gasteiger partial charge in [0, 0.05) is 18.8 Å². The molecule has 0 saturated carbocycles. The highest BCUT2D eigenvalue weighted by molar-refractivity contribution is 7.41. The maximum atomic E-state index is 9.58. The predicted octanol–water partition coefficient (Wildman–Crippen LogP) is 4.98. The van der Waals surface area contributed by atoms with E-state index in [4.69, 9.17) is 29.6 Å². The van der Waals surface area contributed by atoms with Gasteiger partial charge >= 0.3 is 8.60 Å². The maximum Gasteiger partial charge on any atom is 0.332 e. The first kappa shape index (κ1) is 23.9. The quantitative estimate of drug-likeness (QED) is 0.274. The van der Waals surface area contributed by atoms with E-state index in [-0.39, 0.29) is 6.61 Å². The topological polar surface area (TPSA) is 74.3 Å². The summed E-state index contributed by atoms with van der Waals surface area (Å²) in [5.41, 5.74) is 0.605. The first-order chi connectivity index (χ1) is 13.0. The van der Waals surface area contributed by atoms with Crippen LogP contribution in [-0.4, -0.2) is 26.4 Å². The van der Waals surface area contributed by atoms with Crippen LogP contribution in [0.4, 0.5) is 5.69 Å². The van der Waals surface area contributed by atoms with Crippen molar-refractivity contribution in [3.8, 4) is 6.07 Å². The molecule has 0 heterocycles. The summed E-state index contributed by atoms with van der Waals surface area (Å²) in [7, 11) is 1.00. The van der Waals surface area contributed by atoms with Gasteiger partial charge in [0.15, 0.2) is 11.2 Å². The summed E-state index contributed by atoms with van der Waals surface area (Å²) in [6.45, 7) is 16.7. The third-order valence-corrected chi connectivity index (χ3v) is 5.27. The van der Waals surface area contributed by atoms with Crippen molar-refractivity contribution in [2.45, 2.75) is 39.8 Å². The zero-order valence-corrected chi connectivity index (χ0v) is 18.2. The minimum Gasteiger partial charge on any atom is -0.344 e. The van der Waals surface area contributed by atoms with Crippen LogP contribution in [-0.2, 0) is 35.2 Å². The molecule has 27 heavy (non-hydrogen) atoms. The summed E-state index contributed by atoms with van der Waals surface area (Å²) in [5.74, 6) is 0. The fourth-order valence-corrected chi connectivity index (χ4v) is 3.75. The number of nitriles is 1. The predicted molar refractivity (Wildman–Crippen MR) is 107 cm³/mol. The van der Waals surface area contributed by atoms with Crippen molar-refractivity contribution in [1.29, 1.82) is 5.26 Å². The Bertz CT molecular complexity index is 676. The Morgan fingerprint density at radius 3 is 2.11 bits per heavy atom. The molecule has 9 heteroatoms. The molecule has 7 nitrogen and oxygen atoms in total. The van der Waals surface area contributed by atoms with Crippen molar-refractivity contribution in [3.63, 3.8) is 0 Å². The lowest BCUT2D eigenvalue weighted by Gasteiger charge is -2.31. The molecule has 148 valence electrons. The van der Waals surface area contributed by atoms with Crippen LogP contribution in [0.2, 0.25) is 0 Å². The van der Waals surface area contributed by atoms with Crippen LogP contribution in [0.5, 0.6) is 0 Å². The second kappa shape index (κ2) is 12.3. The van der Waals surface area contributed by atoms with Gasteiger partial charge in [-0.15, -0.1) is 0 Å². The minimum atomic E-state index is -1.50. The van der Waals surface area contributed by atoms with Crippen molar-refractivity contribution >= 4 is 23.5 Å². The summed E-state index contributed by atoms with van der Waals surface area (Å²) in [6.07, 6.45) is 0. The highest BCUT2D eigenvalue weighted by Gasteiger charge is 2.32. The molecule has 0 N–H and O–H groups in total. The molecule has 1 unspecified atom stereocenters. The normalized spacial score (nSPS) is 11.4. The van der Waals surface area contributed by atoms with E-state index in [9.17, 15) is 5.26 Å². The number of hydrogen-bond donors (Lipinski definition) is 0. The van der Waals surface area contributed by atoms with Crippen LogP contribution in [0.3, 0.4) is 0 Å². The minimum absolute atomic E-state index is 0.102. The van der Waals surface area contributed by atoms with Crippen molar-refractivity contribution in [2.75, 3.05) is 26.4 Å². The summed E-state index contributed by atoms with van der Waals surface area (Å²) in [5, 5.41) is 9.58. The summed E-state index contributed by atoms with van der Waals surface area (Å²) >= 11 is 0. The third-order valence-electron chi connectivity index (χ3n) is 3.35. The SMILES string of the molecule is [C-]#[N+]c1cc(COP(OCC)OCC)c(C#N)cc1C(P)(OCC)OCC. The van der Waals surface area contributed by atoms with E-state index in [0.29, 0.717) is 48.8 Å². The Morgan fingerprint density at radius 2 is 1.67 bits per heavy atom. The van der Waals surface area contributed by atoms with Crippen LogP contribution >= 0.6 is 17.8 Å². The Kier molecular flexibility index (Phi) is 10.9. The molecule has 1 atom stereocenters. The van der Waals surface area contributed by atoms with Crippen LogP contribution in [0.1, 0.15) is 44.4 Å². The van der Waals surface area contributed by atoms with Gasteiger partial charge in [0.1, 0.15) is 0 Å². The van der Waals surface area contributed by atoms with Gasteiger partial charge in [-0.25, -0.2) is 4.85 Å². The monoisotopic (exact) mass is 412 g/mol. The van der Waals surface area contributed by atoms with E-state index in [1.165, 1.54) is 0 Å². The average molecular weight is 412 g/mol. The van der Waals surface area contributed by atoms with Crippen LogP contribution in [0.25, 0.3) is 4.85 Å². The fraction of sp³-hybridized carbons (Fsp3) is 0.556. The lowest BCUT2D eigenvalue weighted by atomic mass is 10.0. The molecule has 0 saturated heterocycles. The van der Waals surface area contributed by atoms with Gasteiger partial charge in [-0.1, -0.05) is 9.24 Å². The van der Waals surface area contributed by atoms with Crippen molar-refractivity contribution in [2.24, 2.45) is 0 Å². The first-order valence-corrected chi connectivity index (χ1v) is 10.4. The van der Waals surface area contributed by atoms with Gasteiger partial charge in [-0.3, -0.25) is 0 Å². The standard InChI is InChI=1S/C18H26N2O5P2/c1-6-21-18(26,22-7-2)16-10-14(12-19)15(11-17(16)20-5)13-25-27(23-8-3)24-9-4/h10-11H,6-9,13,26H2,1-4H3. The van der Waals surface area contributed by atoms with Gasteiger partial charge in [0.05, 0.1) is 38.0 Å². The van der Waals surface area contributed by atoms with Gasteiger partial charge in [0.25, 0.3) is 0 Å². The maximum absolute atomic E-state index is 9.58. The Hall–Kier alpha value is -1.14. The largest absolute Gasteiger partial charge is 0.344 e. The molecule has 0 aliphatic rings. The lowest BCUT2D eigenvalue weighted by molar-refractivity contribution is -0.173. The summed E-state index contributed by atoms with van der Waals surface area (Å²) in [4.78, 5) is 3.59. The van der Waals surface area contributed by atoms with Gasteiger partial charge in [-0.05, 0) is 45.4 Å². The molecule has 1 aromatic carbocycles. The number of benzene rings is 1. The number of ether oxygens (including phenoxy) is 2. The van der Waals surface area contributed by atoms with E-state index in [1.54, 1.807) is 12.1 Å². The molecular formula is C18H26N2O5P2. The molecule has 0 fully saturated rings. The van der Waals surface area contributed by atoms with E-state index in [0.717, 1.165) is 0 Å². The number of hydrogen-bond acceptors (Lipinski definition) is 6. The van der Waals surface area contributed by atoms with E-state index >= 15 is 0 Å². The highest BCUT2D eigenvalue weighted by Crippen LogP contribution is 2.43.